The maximum absolute atomic E-state index is 11.9. The largest absolute Gasteiger partial charge is 0.505 e. The van der Waals surface area contributed by atoms with Gasteiger partial charge in [-0.15, -0.1) is 0 Å². The van der Waals surface area contributed by atoms with Crippen molar-refractivity contribution < 1.29 is 13.5 Å². The summed E-state index contributed by atoms with van der Waals surface area (Å²) in [5, 5.41) is 9.72. The number of hydrogen-bond acceptors (Lipinski definition) is 3. The van der Waals surface area contributed by atoms with Crippen molar-refractivity contribution in [3.05, 3.63) is 22.7 Å². The maximum Gasteiger partial charge on any atom is 0.232 e. The fraction of sp³-hybridized carbons (Fsp3) is 0.500. The molecule has 0 saturated carbocycles. The lowest BCUT2D eigenvalue weighted by molar-refractivity contribution is 0.397. The molecule has 0 aliphatic rings. The number of halogens is 1. The van der Waals surface area contributed by atoms with Gasteiger partial charge in [0.05, 0.1) is 15.9 Å². The molecule has 1 rings (SSSR count). The summed E-state index contributed by atoms with van der Waals surface area (Å²) in [5.41, 5.74) is 0.145. The van der Waals surface area contributed by atoms with Crippen LogP contribution in [0, 0.1) is 5.41 Å². The predicted molar refractivity (Wildman–Crippen MR) is 77.3 cm³/mol. The molecular weight excluding hydrogens is 318 g/mol. The van der Waals surface area contributed by atoms with E-state index in [9.17, 15) is 13.5 Å². The minimum atomic E-state index is -3.44. The van der Waals surface area contributed by atoms with Crippen LogP contribution in [-0.2, 0) is 10.0 Å². The third-order valence-electron chi connectivity index (χ3n) is 2.37. The lowest BCUT2D eigenvalue weighted by Gasteiger charge is -2.18. The Labute approximate surface area is 117 Å². The molecule has 4 nitrogen and oxygen atoms in total. The minimum Gasteiger partial charge on any atom is -0.505 e. The van der Waals surface area contributed by atoms with Crippen molar-refractivity contribution in [2.45, 2.75) is 27.2 Å². The Balaban J connectivity index is 2.80. The minimum absolute atomic E-state index is 0.0302. The van der Waals surface area contributed by atoms with E-state index in [-0.39, 0.29) is 22.6 Å². The molecule has 102 valence electrons. The molecule has 18 heavy (non-hydrogen) atoms. The number of benzene rings is 1. The van der Waals surface area contributed by atoms with Crippen molar-refractivity contribution in [1.29, 1.82) is 0 Å². The Hall–Kier alpha value is -0.750. The molecule has 0 amide bonds. The Morgan fingerprint density at radius 3 is 2.50 bits per heavy atom. The van der Waals surface area contributed by atoms with Crippen LogP contribution in [0.1, 0.15) is 27.2 Å². The molecule has 0 aromatic heterocycles. The van der Waals surface area contributed by atoms with Crippen LogP contribution in [0.25, 0.3) is 0 Å². The lowest BCUT2D eigenvalue weighted by atomic mass is 9.94. The van der Waals surface area contributed by atoms with E-state index in [0.717, 1.165) is 0 Å². The van der Waals surface area contributed by atoms with Crippen molar-refractivity contribution >= 4 is 31.6 Å². The first kappa shape index (κ1) is 15.3. The van der Waals surface area contributed by atoms with Gasteiger partial charge in [-0.25, -0.2) is 8.42 Å². The number of para-hydroxylation sites is 1. The van der Waals surface area contributed by atoms with Crippen molar-refractivity contribution in [2.75, 3.05) is 10.5 Å². The van der Waals surface area contributed by atoms with Crippen molar-refractivity contribution in [3.8, 4) is 5.75 Å². The standard InChI is InChI=1S/C12H18BrNO3S/c1-12(2,3)7-8-18(16,17)14-10-6-4-5-9(13)11(10)15/h4-6,14-15H,7-8H2,1-3H3. The van der Waals surface area contributed by atoms with Gasteiger partial charge in [0.2, 0.25) is 10.0 Å². The van der Waals surface area contributed by atoms with Gasteiger partial charge in [-0.3, -0.25) is 4.72 Å². The summed E-state index contributed by atoms with van der Waals surface area (Å²) >= 11 is 3.14. The maximum atomic E-state index is 11.9. The van der Waals surface area contributed by atoms with Crippen LogP contribution < -0.4 is 4.72 Å². The van der Waals surface area contributed by atoms with Crippen molar-refractivity contribution in [1.82, 2.24) is 0 Å². The smallest absolute Gasteiger partial charge is 0.232 e. The average molecular weight is 336 g/mol. The highest BCUT2D eigenvalue weighted by molar-refractivity contribution is 9.10. The number of rotatable bonds is 4. The van der Waals surface area contributed by atoms with Gasteiger partial charge in [0.1, 0.15) is 0 Å². The third kappa shape index (κ3) is 4.86. The number of aromatic hydroxyl groups is 1. The van der Waals surface area contributed by atoms with Crippen LogP contribution in [0.4, 0.5) is 5.69 Å². The monoisotopic (exact) mass is 335 g/mol. The summed E-state index contributed by atoms with van der Waals surface area (Å²) in [7, 11) is -3.44. The van der Waals surface area contributed by atoms with E-state index in [2.05, 4.69) is 20.7 Å². The summed E-state index contributed by atoms with van der Waals surface area (Å²) in [5.74, 6) is -0.0699. The first-order valence-corrected chi connectivity index (χ1v) is 8.03. The quantitative estimate of drug-likeness (QED) is 0.829. The van der Waals surface area contributed by atoms with Gasteiger partial charge in [0.25, 0.3) is 0 Å². The zero-order valence-electron chi connectivity index (χ0n) is 10.7. The summed E-state index contributed by atoms with van der Waals surface area (Å²) in [6, 6.07) is 4.82. The van der Waals surface area contributed by atoms with Crippen LogP contribution in [0.5, 0.6) is 5.75 Å². The van der Waals surface area contributed by atoms with Crippen LogP contribution in [0.3, 0.4) is 0 Å². The van der Waals surface area contributed by atoms with Crippen LogP contribution >= 0.6 is 15.9 Å². The molecular formula is C12H18BrNO3S. The second kappa shape index (κ2) is 5.48. The Morgan fingerprint density at radius 1 is 1.33 bits per heavy atom. The number of phenols is 1. The highest BCUT2D eigenvalue weighted by Gasteiger charge is 2.18. The zero-order valence-corrected chi connectivity index (χ0v) is 13.1. The van der Waals surface area contributed by atoms with Crippen LogP contribution in [0.2, 0.25) is 0 Å². The number of anilines is 1. The van der Waals surface area contributed by atoms with Gasteiger partial charge in [-0.2, -0.15) is 0 Å². The van der Waals surface area contributed by atoms with E-state index in [1.54, 1.807) is 12.1 Å². The second-order valence-corrected chi connectivity index (χ2v) is 8.06. The molecule has 0 aliphatic carbocycles. The molecule has 1 aromatic rings. The fourth-order valence-electron chi connectivity index (χ4n) is 1.26. The predicted octanol–water partition coefficient (Wildman–Crippen LogP) is 3.33. The SMILES string of the molecule is CC(C)(C)CCS(=O)(=O)Nc1cccc(Br)c1O. The van der Waals surface area contributed by atoms with Gasteiger partial charge in [-0.05, 0) is 39.9 Å². The van der Waals surface area contributed by atoms with Gasteiger partial charge < -0.3 is 5.11 Å². The Kier molecular flexibility index (Phi) is 4.66. The Bertz CT molecular complexity index is 521. The molecule has 0 saturated heterocycles. The van der Waals surface area contributed by atoms with Gasteiger partial charge >= 0.3 is 0 Å². The first-order chi connectivity index (χ1) is 8.11. The van der Waals surface area contributed by atoms with Crippen molar-refractivity contribution in [2.24, 2.45) is 5.41 Å². The molecule has 6 heteroatoms. The molecule has 0 spiro atoms. The number of hydrogen-bond donors (Lipinski definition) is 2. The molecule has 0 heterocycles. The molecule has 0 unspecified atom stereocenters. The molecule has 0 aliphatic heterocycles. The van der Waals surface area contributed by atoms with E-state index >= 15 is 0 Å². The summed E-state index contributed by atoms with van der Waals surface area (Å²) < 4.78 is 26.6. The lowest BCUT2D eigenvalue weighted by Crippen LogP contribution is -2.21. The number of nitrogens with one attached hydrogen (secondary N) is 1. The molecule has 0 atom stereocenters. The molecule has 0 bridgehead atoms. The zero-order chi connectivity index (χ0) is 14.0. The van der Waals surface area contributed by atoms with Crippen LogP contribution in [0.15, 0.2) is 22.7 Å². The average Bonchev–Trinajstić information content (AvgIpc) is 2.21. The Morgan fingerprint density at radius 2 is 1.94 bits per heavy atom. The molecule has 0 fully saturated rings. The molecule has 2 N–H and O–H groups in total. The fourth-order valence-corrected chi connectivity index (χ4v) is 3.11. The molecule has 0 radical (unpaired) electrons. The van der Waals surface area contributed by atoms with Crippen LogP contribution in [-0.4, -0.2) is 19.3 Å². The number of phenolic OH excluding ortho intramolecular Hbond substituents is 1. The van der Waals surface area contributed by atoms with E-state index in [4.69, 9.17) is 0 Å². The number of sulfonamides is 1. The first-order valence-electron chi connectivity index (χ1n) is 5.59. The van der Waals surface area contributed by atoms with E-state index < -0.39 is 10.0 Å². The normalized spacial score (nSPS) is 12.4. The van der Waals surface area contributed by atoms with Gasteiger partial charge in [-0.1, -0.05) is 26.8 Å². The van der Waals surface area contributed by atoms with E-state index in [1.807, 2.05) is 20.8 Å². The molecule has 1 aromatic carbocycles. The highest BCUT2D eigenvalue weighted by atomic mass is 79.9. The summed E-state index contributed by atoms with van der Waals surface area (Å²) in [6.07, 6.45) is 0.553. The summed E-state index contributed by atoms with van der Waals surface area (Å²) in [4.78, 5) is 0. The highest BCUT2D eigenvalue weighted by Crippen LogP contribution is 2.32. The second-order valence-electron chi connectivity index (χ2n) is 5.37. The van der Waals surface area contributed by atoms with E-state index in [0.29, 0.717) is 10.9 Å². The van der Waals surface area contributed by atoms with E-state index in [1.165, 1.54) is 6.07 Å². The van der Waals surface area contributed by atoms with Gasteiger partial charge in [0, 0.05) is 0 Å². The third-order valence-corrected chi connectivity index (χ3v) is 4.29. The van der Waals surface area contributed by atoms with Crippen molar-refractivity contribution in [3.63, 3.8) is 0 Å². The topological polar surface area (TPSA) is 66.4 Å². The summed E-state index contributed by atoms with van der Waals surface area (Å²) in [6.45, 7) is 5.96. The van der Waals surface area contributed by atoms with Gasteiger partial charge in [0.15, 0.2) is 5.75 Å².